The molecule has 2 heterocycles. The van der Waals surface area contributed by atoms with Crippen LogP contribution in [0.2, 0.25) is 0 Å². The summed E-state index contributed by atoms with van der Waals surface area (Å²) in [6, 6.07) is 14.1. The van der Waals surface area contributed by atoms with E-state index in [2.05, 4.69) is 81.1 Å². The van der Waals surface area contributed by atoms with Crippen LogP contribution in [0.25, 0.3) is 11.1 Å². The highest BCUT2D eigenvalue weighted by molar-refractivity contribution is 8.26. The van der Waals surface area contributed by atoms with Crippen molar-refractivity contribution < 1.29 is 24.6 Å². The molecular weight excluding hydrogens is 685 g/mol. The van der Waals surface area contributed by atoms with Crippen molar-refractivity contribution >= 4 is 63.6 Å². The van der Waals surface area contributed by atoms with Crippen molar-refractivity contribution in [2.45, 2.75) is 88.3 Å². The molecule has 0 aromatic heterocycles. The molecule has 2 aromatic carbocycles. The summed E-state index contributed by atoms with van der Waals surface area (Å²) < 4.78 is 0.0436. The number of carbonyl (C=O) groups excluding carboxylic acids is 1. The number of anilines is 1. The number of aliphatic carboxylic acids is 2. The predicted molar refractivity (Wildman–Crippen MR) is 205 cm³/mol. The number of carbonyl (C=O) groups is 3. The van der Waals surface area contributed by atoms with Gasteiger partial charge in [-0.15, -0.1) is 11.8 Å². The molecule has 2 aliphatic heterocycles. The average molecular weight is 729 g/mol. The highest BCUT2D eigenvalue weighted by Gasteiger charge is 2.46. The van der Waals surface area contributed by atoms with Crippen LogP contribution in [-0.2, 0) is 19.8 Å². The van der Waals surface area contributed by atoms with Gasteiger partial charge in [0.1, 0.15) is 10.9 Å². The average Bonchev–Trinajstić information content (AvgIpc) is 3.77. The van der Waals surface area contributed by atoms with Crippen LogP contribution in [-0.4, -0.2) is 54.6 Å². The SMILES string of the molecule is CC(C(=O)O)C(C)C(C)(C)Sc1ccc2c(c1)C(C)(C)c1cc(N3C4=C(CC(/C=C5\SC(=S)N(CC(=O)O)C5=O)C=C4)C4CCCC43)ccc1-2. The largest absolute Gasteiger partial charge is 0.481 e. The maximum Gasteiger partial charge on any atom is 0.323 e. The Morgan fingerprint density at radius 1 is 1.10 bits per heavy atom. The molecule has 1 saturated carbocycles. The Bertz CT molecular complexity index is 1930. The number of hydrogen-bond donors (Lipinski definition) is 2. The molecular formula is C40H44N2O5S3. The van der Waals surface area contributed by atoms with E-state index < -0.39 is 24.4 Å². The van der Waals surface area contributed by atoms with Crippen LogP contribution in [0.4, 0.5) is 5.69 Å². The van der Waals surface area contributed by atoms with Crippen LogP contribution in [0, 0.1) is 23.7 Å². The number of allylic oxidation sites excluding steroid dienone is 3. The van der Waals surface area contributed by atoms with Gasteiger partial charge in [-0.25, -0.2) is 0 Å². The molecule has 0 bridgehead atoms. The van der Waals surface area contributed by atoms with Gasteiger partial charge < -0.3 is 15.1 Å². The van der Waals surface area contributed by atoms with Crippen molar-refractivity contribution in [3.63, 3.8) is 0 Å². The molecule has 262 valence electrons. The van der Waals surface area contributed by atoms with Crippen LogP contribution in [0.1, 0.15) is 78.4 Å². The Labute approximate surface area is 308 Å². The fourth-order valence-corrected chi connectivity index (χ4v) is 11.3. The standard InChI is InChI=1S/C40H44N2O5S3/c1-21(37(46)47)22(2)40(5,6)50-25-12-14-27-26-13-11-24(18-30(26)39(3,4)31(27)19-25)42-32-9-7-8-28(32)29-16-23(10-15-33(29)42)17-34-36(45)41(20-35(43)44)38(48)49-34/h10-15,17-19,21-23,28,32H,7-9,16,20H2,1-6H3,(H,43,44)(H,46,47)/b34-17-. The van der Waals surface area contributed by atoms with Crippen molar-refractivity contribution in [1.82, 2.24) is 4.90 Å². The van der Waals surface area contributed by atoms with E-state index in [4.69, 9.17) is 12.2 Å². The molecule has 2 aromatic rings. The number of nitrogens with zero attached hydrogens (tertiary/aromatic N) is 2. The topological polar surface area (TPSA) is 98.2 Å². The minimum atomic E-state index is -1.07. The monoisotopic (exact) mass is 728 g/mol. The number of rotatable bonds is 9. The molecule has 2 N–H and O–H groups in total. The first-order chi connectivity index (χ1) is 23.6. The second-order valence-corrected chi connectivity index (χ2v) is 18.9. The first-order valence-corrected chi connectivity index (χ1v) is 19.5. The Morgan fingerprint density at radius 3 is 2.50 bits per heavy atom. The zero-order chi connectivity index (χ0) is 35.9. The van der Waals surface area contributed by atoms with Crippen LogP contribution >= 0.6 is 35.7 Å². The second-order valence-electron chi connectivity index (χ2n) is 15.5. The highest BCUT2D eigenvalue weighted by atomic mass is 32.2. The summed E-state index contributed by atoms with van der Waals surface area (Å²) in [5, 5.41) is 18.9. The summed E-state index contributed by atoms with van der Waals surface area (Å²) in [4.78, 5) is 41.4. The molecule has 5 aliphatic rings. The van der Waals surface area contributed by atoms with E-state index >= 15 is 0 Å². The molecule has 5 unspecified atom stereocenters. The Balaban J connectivity index is 1.15. The maximum absolute atomic E-state index is 13.0. The third kappa shape index (κ3) is 5.85. The summed E-state index contributed by atoms with van der Waals surface area (Å²) in [7, 11) is 0. The fraction of sp³-hybridized carbons (Fsp3) is 0.450. The van der Waals surface area contributed by atoms with E-state index in [1.54, 1.807) is 18.7 Å². The molecule has 10 heteroatoms. The summed E-state index contributed by atoms with van der Waals surface area (Å²) >= 11 is 8.28. The minimum Gasteiger partial charge on any atom is -0.481 e. The minimum absolute atomic E-state index is 0.0117. The van der Waals surface area contributed by atoms with Gasteiger partial charge in [0.15, 0.2) is 0 Å². The van der Waals surface area contributed by atoms with Gasteiger partial charge in [0.25, 0.3) is 5.91 Å². The van der Waals surface area contributed by atoms with Crippen molar-refractivity contribution in [2.75, 3.05) is 11.4 Å². The molecule has 1 saturated heterocycles. The predicted octanol–water partition coefficient (Wildman–Crippen LogP) is 8.87. The maximum atomic E-state index is 13.0. The zero-order valence-electron chi connectivity index (χ0n) is 29.4. The molecule has 7 rings (SSSR count). The number of benzene rings is 2. The molecule has 3 aliphatic carbocycles. The number of hydrogen-bond acceptors (Lipinski definition) is 7. The highest BCUT2D eigenvalue weighted by Crippen LogP contribution is 2.55. The van der Waals surface area contributed by atoms with Gasteiger partial charge in [-0.2, -0.15) is 0 Å². The van der Waals surface area contributed by atoms with E-state index in [1.807, 2.05) is 13.0 Å². The van der Waals surface area contributed by atoms with Gasteiger partial charge in [0.2, 0.25) is 0 Å². The van der Waals surface area contributed by atoms with Gasteiger partial charge in [-0.1, -0.05) is 96.2 Å². The van der Waals surface area contributed by atoms with Crippen LogP contribution in [0.3, 0.4) is 0 Å². The molecule has 2 fully saturated rings. The van der Waals surface area contributed by atoms with Gasteiger partial charge >= 0.3 is 11.9 Å². The Kier molecular flexibility index (Phi) is 8.91. The van der Waals surface area contributed by atoms with Gasteiger partial charge in [0, 0.05) is 44.3 Å². The summed E-state index contributed by atoms with van der Waals surface area (Å²) in [5.41, 5.74) is 8.91. The number of thioether (sulfide) groups is 2. The van der Waals surface area contributed by atoms with Crippen LogP contribution in [0.15, 0.2) is 75.7 Å². The number of thiocarbonyl (C=S) groups is 1. The molecule has 0 spiro atoms. The number of amides is 1. The molecule has 0 radical (unpaired) electrons. The van der Waals surface area contributed by atoms with E-state index in [-0.39, 0.29) is 27.9 Å². The summed E-state index contributed by atoms with van der Waals surface area (Å²) in [5.74, 6) is -2.07. The van der Waals surface area contributed by atoms with Crippen molar-refractivity contribution in [3.05, 3.63) is 81.9 Å². The number of carboxylic acids is 2. The van der Waals surface area contributed by atoms with Crippen molar-refractivity contribution in [2.24, 2.45) is 23.7 Å². The van der Waals surface area contributed by atoms with Crippen LogP contribution < -0.4 is 4.90 Å². The van der Waals surface area contributed by atoms with E-state index in [9.17, 15) is 24.6 Å². The quantitative estimate of drug-likeness (QED) is 0.149. The molecule has 1 amide bonds. The summed E-state index contributed by atoms with van der Waals surface area (Å²) in [6.07, 6.45) is 10.7. The van der Waals surface area contributed by atoms with Crippen LogP contribution in [0.5, 0.6) is 0 Å². The third-order valence-corrected chi connectivity index (χ3v) is 14.6. The second kappa shape index (κ2) is 12.7. The van der Waals surface area contributed by atoms with Gasteiger partial charge in [0.05, 0.1) is 10.8 Å². The first kappa shape index (κ1) is 35.1. The Hall–Kier alpha value is -3.34. The number of fused-ring (bicyclic) bond motifs is 5. The lowest BCUT2D eigenvalue weighted by molar-refractivity contribution is -0.143. The molecule has 5 atom stereocenters. The Morgan fingerprint density at radius 2 is 1.80 bits per heavy atom. The summed E-state index contributed by atoms with van der Waals surface area (Å²) in [6.45, 7) is 12.3. The molecule has 50 heavy (non-hydrogen) atoms. The van der Waals surface area contributed by atoms with E-state index in [0.29, 0.717) is 21.2 Å². The lowest BCUT2D eigenvalue weighted by atomic mass is 9.82. The fourth-order valence-electron chi connectivity index (χ4n) is 8.71. The zero-order valence-corrected chi connectivity index (χ0v) is 31.8. The smallest absolute Gasteiger partial charge is 0.323 e. The van der Waals surface area contributed by atoms with E-state index in [0.717, 1.165) is 24.2 Å². The van der Waals surface area contributed by atoms with Gasteiger partial charge in [-0.3, -0.25) is 19.3 Å². The van der Waals surface area contributed by atoms with Crippen molar-refractivity contribution in [3.8, 4) is 11.1 Å². The van der Waals surface area contributed by atoms with Gasteiger partial charge in [-0.05, 0) is 83.3 Å². The lowest BCUT2D eigenvalue weighted by Gasteiger charge is -2.34. The van der Waals surface area contributed by atoms with Crippen molar-refractivity contribution in [1.29, 1.82) is 0 Å². The number of carboxylic acid groups (broad SMARTS) is 2. The van der Waals surface area contributed by atoms with E-state index in [1.165, 1.54) is 62.3 Å². The third-order valence-electron chi connectivity index (χ3n) is 11.9. The lowest BCUT2D eigenvalue weighted by Crippen LogP contribution is -2.34. The normalized spacial score (nSPS) is 25.6. The molecule has 7 nitrogen and oxygen atoms in total. The first-order valence-electron chi connectivity index (χ1n) is 17.5.